The third-order valence-electron chi connectivity index (χ3n) is 5.22. The average molecular weight is 479 g/mol. The molecule has 0 saturated heterocycles. The Bertz CT molecular complexity index is 1390. The number of carbonyl (C=O) groups is 1. The number of carbonyl (C=O) groups excluding carboxylic acids is 1. The fourth-order valence-electron chi connectivity index (χ4n) is 3.63. The highest BCUT2D eigenvalue weighted by Gasteiger charge is 2.23. The number of hydrogen-bond donors (Lipinski definition) is 1. The minimum Gasteiger partial charge on any atom is -0.457 e. The van der Waals surface area contributed by atoms with Gasteiger partial charge in [0.05, 0.1) is 15.5 Å². The summed E-state index contributed by atoms with van der Waals surface area (Å²) in [5.74, 6) is -0.0763. The van der Waals surface area contributed by atoms with Gasteiger partial charge in [0.25, 0.3) is 11.6 Å². The SMILES string of the molecule is N#CC(=Cc1ccc(-c2ccc([N+](=O)[O-])cc2Cl)o1)C(=O)Nc1sc2c(c1C#N)CCCC2. The summed E-state index contributed by atoms with van der Waals surface area (Å²) in [6.07, 6.45) is 5.04. The Kier molecular flexibility index (Phi) is 6.27. The molecule has 0 spiro atoms. The van der Waals surface area contributed by atoms with Gasteiger partial charge in [0.1, 0.15) is 34.2 Å². The van der Waals surface area contributed by atoms with Crippen LogP contribution in [0.15, 0.2) is 40.3 Å². The maximum Gasteiger partial charge on any atom is 0.270 e. The van der Waals surface area contributed by atoms with E-state index in [1.165, 1.54) is 35.6 Å². The minimum absolute atomic E-state index is 0.137. The van der Waals surface area contributed by atoms with Gasteiger partial charge < -0.3 is 9.73 Å². The van der Waals surface area contributed by atoms with E-state index in [-0.39, 0.29) is 22.0 Å². The summed E-state index contributed by atoms with van der Waals surface area (Å²) in [5.41, 5.74) is 1.55. The van der Waals surface area contributed by atoms with E-state index in [1.807, 2.05) is 6.07 Å². The molecule has 0 fully saturated rings. The van der Waals surface area contributed by atoms with Crippen molar-refractivity contribution in [2.45, 2.75) is 25.7 Å². The number of halogens is 1. The number of hydrogen-bond acceptors (Lipinski definition) is 7. The van der Waals surface area contributed by atoms with Gasteiger partial charge in [-0.2, -0.15) is 10.5 Å². The Balaban J connectivity index is 1.57. The molecular weight excluding hydrogens is 464 g/mol. The van der Waals surface area contributed by atoms with Crippen molar-refractivity contribution in [2.24, 2.45) is 0 Å². The molecule has 2 heterocycles. The van der Waals surface area contributed by atoms with Crippen molar-refractivity contribution in [1.29, 1.82) is 10.5 Å². The summed E-state index contributed by atoms with van der Waals surface area (Å²) in [5, 5.41) is 33.2. The molecule has 2 aromatic heterocycles. The Morgan fingerprint density at radius 2 is 2.03 bits per heavy atom. The topological polar surface area (TPSA) is 133 Å². The molecule has 33 heavy (non-hydrogen) atoms. The fraction of sp³-hybridized carbons (Fsp3) is 0.174. The lowest BCUT2D eigenvalue weighted by atomic mass is 9.96. The molecule has 1 aliphatic rings. The molecule has 0 saturated carbocycles. The number of amides is 1. The lowest BCUT2D eigenvalue weighted by Crippen LogP contribution is -2.13. The van der Waals surface area contributed by atoms with E-state index in [4.69, 9.17) is 16.0 Å². The molecule has 0 radical (unpaired) electrons. The maximum absolute atomic E-state index is 12.7. The van der Waals surface area contributed by atoms with Crippen LogP contribution >= 0.6 is 22.9 Å². The van der Waals surface area contributed by atoms with Crippen LogP contribution in [0, 0.1) is 32.8 Å². The average Bonchev–Trinajstić information content (AvgIpc) is 3.40. The first-order chi connectivity index (χ1) is 15.9. The van der Waals surface area contributed by atoms with Crippen molar-refractivity contribution in [3.05, 3.63) is 72.8 Å². The van der Waals surface area contributed by atoms with Gasteiger partial charge in [-0.25, -0.2) is 0 Å². The minimum atomic E-state index is -0.640. The van der Waals surface area contributed by atoms with Crippen LogP contribution in [0.25, 0.3) is 17.4 Å². The molecule has 10 heteroatoms. The number of nitrogens with zero attached hydrogens (tertiary/aromatic N) is 3. The van der Waals surface area contributed by atoms with E-state index in [0.717, 1.165) is 36.1 Å². The summed E-state index contributed by atoms with van der Waals surface area (Å²) in [7, 11) is 0. The van der Waals surface area contributed by atoms with Crippen LogP contribution in [0.4, 0.5) is 10.7 Å². The van der Waals surface area contributed by atoms with Crippen LogP contribution in [0.1, 0.15) is 34.6 Å². The normalized spacial score (nSPS) is 13.0. The van der Waals surface area contributed by atoms with Gasteiger partial charge in [0.2, 0.25) is 0 Å². The number of nitro groups is 1. The number of aryl methyl sites for hydroxylation is 1. The summed E-state index contributed by atoms with van der Waals surface area (Å²) >= 11 is 7.52. The van der Waals surface area contributed by atoms with Gasteiger partial charge in [-0.3, -0.25) is 14.9 Å². The molecule has 1 N–H and O–H groups in total. The van der Waals surface area contributed by atoms with E-state index in [1.54, 1.807) is 12.1 Å². The predicted octanol–water partition coefficient (Wildman–Crippen LogP) is 5.87. The molecule has 0 unspecified atom stereocenters. The molecule has 0 bridgehead atoms. The number of anilines is 1. The third kappa shape index (κ3) is 4.51. The third-order valence-corrected chi connectivity index (χ3v) is 6.74. The first-order valence-corrected chi connectivity index (χ1v) is 11.1. The van der Waals surface area contributed by atoms with Crippen molar-refractivity contribution in [1.82, 2.24) is 0 Å². The standard InChI is InChI=1S/C23H15ClN4O4S/c24-19-10-14(28(30)31)5-7-17(19)20-8-6-15(32-20)9-13(11-25)22(29)27-23-18(12-26)16-3-1-2-4-21(16)33-23/h5-10H,1-4H2,(H,27,29). The zero-order valence-corrected chi connectivity index (χ0v) is 18.6. The van der Waals surface area contributed by atoms with Crippen LogP contribution < -0.4 is 5.32 Å². The molecule has 8 nitrogen and oxygen atoms in total. The van der Waals surface area contributed by atoms with Crippen molar-refractivity contribution in [2.75, 3.05) is 5.32 Å². The molecule has 0 atom stereocenters. The number of fused-ring (bicyclic) bond motifs is 1. The number of nitrogens with one attached hydrogen (secondary N) is 1. The second-order valence-electron chi connectivity index (χ2n) is 7.27. The monoisotopic (exact) mass is 478 g/mol. The van der Waals surface area contributed by atoms with Crippen LogP contribution in [-0.4, -0.2) is 10.8 Å². The van der Waals surface area contributed by atoms with Gasteiger partial charge in [-0.1, -0.05) is 11.6 Å². The number of nitriles is 2. The van der Waals surface area contributed by atoms with E-state index in [2.05, 4.69) is 11.4 Å². The first kappa shape index (κ1) is 22.3. The smallest absolute Gasteiger partial charge is 0.270 e. The van der Waals surface area contributed by atoms with Gasteiger partial charge in [-0.15, -0.1) is 11.3 Å². The second kappa shape index (κ2) is 9.29. The molecule has 1 aliphatic carbocycles. The van der Waals surface area contributed by atoms with E-state index in [9.17, 15) is 25.4 Å². The van der Waals surface area contributed by atoms with E-state index >= 15 is 0 Å². The molecular formula is C23H15ClN4O4S. The van der Waals surface area contributed by atoms with Crippen molar-refractivity contribution in [3.63, 3.8) is 0 Å². The van der Waals surface area contributed by atoms with E-state index in [0.29, 0.717) is 21.9 Å². The summed E-state index contributed by atoms with van der Waals surface area (Å²) in [4.78, 5) is 24.2. The number of thiophene rings is 1. The molecule has 4 rings (SSSR count). The quantitative estimate of drug-likeness (QED) is 0.211. The van der Waals surface area contributed by atoms with Crippen LogP contribution in [0.3, 0.4) is 0 Å². The molecule has 3 aromatic rings. The number of rotatable bonds is 5. The number of non-ortho nitro benzene ring substituents is 1. The molecule has 164 valence electrons. The van der Waals surface area contributed by atoms with Crippen molar-refractivity contribution < 1.29 is 14.1 Å². The number of nitro benzene ring substituents is 1. The summed E-state index contributed by atoms with van der Waals surface area (Å²) in [6, 6.07) is 11.2. The highest BCUT2D eigenvalue weighted by Crippen LogP contribution is 2.38. The van der Waals surface area contributed by atoms with Crippen molar-refractivity contribution >= 4 is 45.6 Å². The van der Waals surface area contributed by atoms with Gasteiger partial charge in [0.15, 0.2) is 0 Å². The second-order valence-corrected chi connectivity index (χ2v) is 8.79. The largest absolute Gasteiger partial charge is 0.457 e. The first-order valence-electron chi connectivity index (χ1n) is 9.93. The lowest BCUT2D eigenvalue weighted by Gasteiger charge is -2.09. The highest BCUT2D eigenvalue weighted by molar-refractivity contribution is 7.16. The Hall–Kier alpha value is -3.92. The van der Waals surface area contributed by atoms with Crippen LogP contribution in [-0.2, 0) is 17.6 Å². The number of furan rings is 1. The zero-order valence-electron chi connectivity index (χ0n) is 17.1. The van der Waals surface area contributed by atoms with Crippen LogP contribution in [0.2, 0.25) is 5.02 Å². The maximum atomic E-state index is 12.7. The highest BCUT2D eigenvalue weighted by atomic mass is 35.5. The fourth-order valence-corrected chi connectivity index (χ4v) is 5.13. The van der Waals surface area contributed by atoms with Crippen LogP contribution in [0.5, 0.6) is 0 Å². The van der Waals surface area contributed by atoms with Gasteiger partial charge in [-0.05, 0) is 49.4 Å². The lowest BCUT2D eigenvalue weighted by molar-refractivity contribution is -0.384. The summed E-state index contributed by atoms with van der Waals surface area (Å²) in [6.45, 7) is 0. The molecule has 1 amide bonds. The zero-order chi connectivity index (χ0) is 23.5. The van der Waals surface area contributed by atoms with Crippen molar-refractivity contribution in [3.8, 4) is 23.5 Å². The molecule has 1 aromatic carbocycles. The number of benzene rings is 1. The Morgan fingerprint density at radius 1 is 1.24 bits per heavy atom. The van der Waals surface area contributed by atoms with E-state index < -0.39 is 10.8 Å². The summed E-state index contributed by atoms with van der Waals surface area (Å²) < 4.78 is 5.68. The predicted molar refractivity (Wildman–Crippen MR) is 124 cm³/mol. The Labute approximate surface area is 197 Å². The van der Waals surface area contributed by atoms with Gasteiger partial charge >= 0.3 is 0 Å². The molecule has 0 aliphatic heterocycles. The Morgan fingerprint density at radius 3 is 2.73 bits per heavy atom. The van der Waals surface area contributed by atoms with Gasteiger partial charge in [0, 0.05) is 28.6 Å².